The van der Waals surface area contributed by atoms with Gasteiger partial charge >= 0.3 is 0 Å². The van der Waals surface area contributed by atoms with Gasteiger partial charge < -0.3 is 15.5 Å². The Kier molecular flexibility index (Phi) is 5.39. The number of carbonyl (C=O) groups is 1. The summed E-state index contributed by atoms with van der Waals surface area (Å²) in [6.07, 6.45) is 0. The fourth-order valence-electron chi connectivity index (χ4n) is 1.68. The lowest BCUT2D eigenvalue weighted by Gasteiger charge is -2.06. The summed E-state index contributed by atoms with van der Waals surface area (Å²) in [6.45, 7) is 0.121. The Bertz CT molecular complexity index is 715. The van der Waals surface area contributed by atoms with Crippen molar-refractivity contribution in [1.82, 2.24) is 5.32 Å². The molecule has 0 fully saturated rings. The molecule has 2 aromatic rings. The summed E-state index contributed by atoms with van der Waals surface area (Å²) in [6, 6.07) is 6.55. The molecule has 4 nitrogen and oxygen atoms in total. The molecule has 1 amide bonds. The highest BCUT2D eigenvalue weighted by molar-refractivity contribution is 9.10. The molecule has 6 heteroatoms. The van der Waals surface area contributed by atoms with Crippen LogP contribution in [0.3, 0.4) is 0 Å². The molecule has 0 radical (unpaired) electrons. The number of rotatable bonds is 3. The standard InChI is InChI=1S/C15H12BrNO3S/c16-11-3-4-12(13(19)8-11)15(20)17-9-14-10(2-1-6-18)5-7-21-14/h3-5,7-8,18-19H,6,9H2,(H,17,20). The van der Waals surface area contributed by atoms with E-state index in [4.69, 9.17) is 5.11 Å². The van der Waals surface area contributed by atoms with E-state index in [1.807, 2.05) is 11.4 Å². The van der Waals surface area contributed by atoms with E-state index in [1.165, 1.54) is 17.4 Å². The van der Waals surface area contributed by atoms with Crippen LogP contribution in [0, 0.1) is 11.8 Å². The third-order valence-electron chi connectivity index (χ3n) is 2.66. The van der Waals surface area contributed by atoms with Gasteiger partial charge in [-0.3, -0.25) is 4.79 Å². The number of phenolic OH excluding ortho intramolecular Hbond substituents is 1. The predicted octanol–water partition coefficient (Wildman–Crippen LogP) is 2.49. The lowest BCUT2D eigenvalue weighted by Crippen LogP contribution is -2.22. The van der Waals surface area contributed by atoms with Gasteiger partial charge in [-0.15, -0.1) is 11.3 Å². The number of phenols is 1. The fraction of sp³-hybridized carbons (Fsp3) is 0.133. The molecular formula is C15H12BrNO3S. The molecule has 1 heterocycles. The van der Waals surface area contributed by atoms with Crippen molar-refractivity contribution in [3.8, 4) is 17.6 Å². The van der Waals surface area contributed by atoms with Gasteiger partial charge in [-0.05, 0) is 29.6 Å². The average molecular weight is 366 g/mol. The van der Waals surface area contributed by atoms with Crippen molar-refractivity contribution in [2.45, 2.75) is 6.54 Å². The number of aromatic hydroxyl groups is 1. The van der Waals surface area contributed by atoms with E-state index in [2.05, 4.69) is 33.1 Å². The van der Waals surface area contributed by atoms with Crippen molar-refractivity contribution >= 4 is 33.2 Å². The first-order valence-electron chi connectivity index (χ1n) is 6.04. The van der Waals surface area contributed by atoms with E-state index in [9.17, 15) is 9.90 Å². The first kappa shape index (κ1) is 15.6. The molecule has 0 unspecified atom stereocenters. The van der Waals surface area contributed by atoms with Gasteiger partial charge in [-0.1, -0.05) is 27.8 Å². The largest absolute Gasteiger partial charge is 0.507 e. The maximum absolute atomic E-state index is 12.0. The normalized spacial score (nSPS) is 9.81. The molecule has 0 atom stereocenters. The highest BCUT2D eigenvalue weighted by Gasteiger charge is 2.12. The average Bonchev–Trinajstić information content (AvgIpc) is 2.90. The van der Waals surface area contributed by atoms with Crippen molar-refractivity contribution < 1.29 is 15.0 Å². The molecule has 0 spiro atoms. The number of benzene rings is 1. The van der Waals surface area contributed by atoms with Crippen molar-refractivity contribution in [3.05, 3.63) is 50.1 Å². The third kappa shape index (κ3) is 4.08. The quantitative estimate of drug-likeness (QED) is 0.731. The molecule has 0 bridgehead atoms. The smallest absolute Gasteiger partial charge is 0.255 e. The van der Waals surface area contributed by atoms with Gasteiger partial charge in [-0.25, -0.2) is 0 Å². The second-order valence-corrected chi connectivity index (χ2v) is 5.98. The van der Waals surface area contributed by atoms with E-state index < -0.39 is 0 Å². The van der Waals surface area contributed by atoms with Crippen LogP contribution in [0.15, 0.2) is 34.1 Å². The highest BCUT2D eigenvalue weighted by Crippen LogP contribution is 2.22. The number of halogens is 1. The minimum Gasteiger partial charge on any atom is -0.507 e. The van der Waals surface area contributed by atoms with Crippen LogP contribution in [0.2, 0.25) is 0 Å². The summed E-state index contributed by atoms with van der Waals surface area (Å²) >= 11 is 4.70. The minimum absolute atomic E-state index is 0.0756. The number of thiophene rings is 1. The predicted molar refractivity (Wildman–Crippen MR) is 85.3 cm³/mol. The van der Waals surface area contributed by atoms with E-state index in [0.717, 1.165) is 10.4 Å². The summed E-state index contributed by atoms with van der Waals surface area (Å²) in [4.78, 5) is 12.9. The van der Waals surface area contributed by atoms with Crippen LogP contribution in [-0.4, -0.2) is 22.7 Å². The zero-order valence-electron chi connectivity index (χ0n) is 10.9. The van der Waals surface area contributed by atoms with Gasteiger partial charge in [0.15, 0.2) is 0 Å². The Hall–Kier alpha value is -1.81. The van der Waals surface area contributed by atoms with Crippen molar-refractivity contribution in [2.24, 2.45) is 0 Å². The van der Waals surface area contributed by atoms with Crippen LogP contribution in [0.5, 0.6) is 5.75 Å². The van der Waals surface area contributed by atoms with E-state index in [-0.39, 0.29) is 23.8 Å². The summed E-state index contributed by atoms with van der Waals surface area (Å²) in [5.74, 6) is 4.98. The Labute approximate surface area is 134 Å². The zero-order valence-corrected chi connectivity index (χ0v) is 13.3. The lowest BCUT2D eigenvalue weighted by molar-refractivity contribution is 0.0948. The van der Waals surface area contributed by atoms with E-state index >= 15 is 0 Å². The number of hydrogen-bond acceptors (Lipinski definition) is 4. The van der Waals surface area contributed by atoms with Crippen molar-refractivity contribution in [3.63, 3.8) is 0 Å². The van der Waals surface area contributed by atoms with Gasteiger partial charge in [0.25, 0.3) is 5.91 Å². The first-order chi connectivity index (χ1) is 10.1. The second kappa shape index (κ2) is 7.27. The minimum atomic E-state index is -0.352. The Balaban J connectivity index is 2.06. The number of aliphatic hydroxyl groups excluding tert-OH is 1. The molecule has 0 aliphatic heterocycles. The van der Waals surface area contributed by atoms with Crippen LogP contribution in [0.4, 0.5) is 0 Å². The SMILES string of the molecule is O=C(NCc1sccc1C#CCO)c1ccc(Br)cc1O. The van der Waals surface area contributed by atoms with E-state index in [0.29, 0.717) is 11.0 Å². The van der Waals surface area contributed by atoms with Crippen LogP contribution >= 0.6 is 27.3 Å². The van der Waals surface area contributed by atoms with Crippen LogP contribution in [0.25, 0.3) is 0 Å². The molecule has 21 heavy (non-hydrogen) atoms. The maximum Gasteiger partial charge on any atom is 0.255 e. The van der Waals surface area contributed by atoms with E-state index in [1.54, 1.807) is 12.1 Å². The molecule has 108 valence electrons. The van der Waals surface area contributed by atoms with Gasteiger partial charge in [0.05, 0.1) is 12.1 Å². The Morgan fingerprint density at radius 3 is 2.90 bits per heavy atom. The van der Waals surface area contributed by atoms with Crippen LogP contribution in [0.1, 0.15) is 20.8 Å². The molecular weight excluding hydrogens is 354 g/mol. The van der Waals surface area contributed by atoms with Gasteiger partial charge in [0.1, 0.15) is 12.4 Å². The third-order valence-corrected chi connectivity index (χ3v) is 4.08. The van der Waals surface area contributed by atoms with Crippen LogP contribution in [-0.2, 0) is 6.54 Å². The van der Waals surface area contributed by atoms with Crippen LogP contribution < -0.4 is 5.32 Å². The van der Waals surface area contributed by atoms with Gasteiger partial charge in [-0.2, -0.15) is 0 Å². The van der Waals surface area contributed by atoms with Gasteiger partial charge in [0.2, 0.25) is 0 Å². The number of nitrogens with one attached hydrogen (secondary N) is 1. The highest BCUT2D eigenvalue weighted by atomic mass is 79.9. The molecule has 0 saturated carbocycles. The molecule has 0 aliphatic carbocycles. The second-order valence-electron chi connectivity index (χ2n) is 4.06. The van der Waals surface area contributed by atoms with Crippen molar-refractivity contribution in [1.29, 1.82) is 0 Å². The fourth-order valence-corrected chi connectivity index (χ4v) is 2.80. The Morgan fingerprint density at radius 2 is 2.19 bits per heavy atom. The molecule has 0 aliphatic rings. The first-order valence-corrected chi connectivity index (χ1v) is 7.72. The number of hydrogen-bond donors (Lipinski definition) is 3. The molecule has 1 aromatic carbocycles. The lowest BCUT2D eigenvalue weighted by atomic mass is 10.2. The summed E-state index contributed by atoms with van der Waals surface area (Å²) in [5, 5.41) is 23.1. The maximum atomic E-state index is 12.0. The zero-order chi connectivity index (χ0) is 15.2. The monoisotopic (exact) mass is 365 g/mol. The number of amides is 1. The molecule has 3 N–H and O–H groups in total. The molecule has 1 aromatic heterocycles. The number of carbonyl (C=O) groups excluding carboxylic acids is 1. The van der Waals surface area contributed by atoms with Crippen molar-refractivity contribution in [2.75, 3.05) is 6.61 Å². The summed E-state index contributed by atoms with van der Waals surface area (Å²) in [7, 11) is 0. The number of aliphatic hydroxyl groups is 1. The Morgan fingerprint density at radius 1 is 1.38 bits per heavy atom. The molecule has 0 saturated heterocycles. The summed E-state index contributed by atoms with van der Waals surface area (Å²) in [5.41, 5.74) is 1.01. The molecule has 2 rings (SSSR count). The summed E-state index contributed by atoms with van der Waals surface area (Å²) < 4.78 is 0.705. The topological polar surface area (TPSA) is 69.6 Å². The van der Waals surface area contributed by atoms with Gasteiger partial charge in [0, 0.05) is 14.9 Å².